The predicted molar refractivity (Wildman–Crippen MR) is 107 cm³/mol. The van der Waals surface area contributed by atoms with Gasteiger partial charge >= 0.3 is 0 Å². The molecule has 0 amide bonds. The van der Waals surface area contributed by atoms with Gasteiger partial charge in [0.15, 0.2) is 6.23 Å². The molecule has 7 nitrogen and oxygen atoms in total. The zero-order chi connectivity index (χ0) is 22.3. The zero-order valence-corrected chi connectivity index (χ0v) is 16.7. The number of aliphatic hydroxyl groups excluding tert-OH is 4. The number of benzene rings is 2. The van der Waals surface area contributed by atoms with E-state index in [1.54, 1.807) is 18.2 Å². The third-order valence-electron chi connectivity index (χ3n) is 5.67. The average Bonchev–Trinajstić information content (AvgIpc) is 3.13. The van der Waals surface area contributed by atoms with Crippen LogP contribution in [0.15, 0.2) is 42.6 Å². The van der Waals surface area contributed by atoms with E-state index in [0.717, 1.165) is 0 Å². The maximum absolute atomic E-state index is 14.8. The molecule has 0 unspecified atom stereocenters. The Morgan fingerprint density at radius 3 is 2.45 bits per heavy atom. The number of methoxy groups -OCH3 is 1. The van der Waals surface area contributed by atoms with Crippen molar-refractivity contribution in [1.82, 2.24) is 4.57 Å². The van der Waals surface area contributed by atoms with Gasteiger partial charge in [-0.15, -0.1) is 0 Å². The molecule has 1 saturated heterocycles. The van der Waals surface area contributed by atoms with Gasteiger partial charge in [0.1, 0.15) is 41.8 Å². The van der Waals surface area contributed by atoms with Crippen molar-refractivity contribution in [2.75, 3.05) is 13.7 Å². The molecule has 1 fully saturated rings. The van der Waals surface area contributed by atoms with Crippen LogP contribution in [0, 0.1) is 11.6 Å². The summed E-state index contributed by atoms with van der Waals surface area (Å²) in [4.78, 5) is 0. The minimum atomic E-state index is -1.58. The third-order valence-corrected chi connectivity index (χ3v) is 5.67. The lowest BCUT2D eigenvalue weighted by Gasteiger charge is -2.40. The van der Waals surface area contributed by atoms with E-state index in [1.165, 1.54) is 36.1 Å². The summed E-state index contributed by atoms with van der Waals surface area (Å²) < 4.78 is 41.3. The molecule has 1 aliphatic heterocycles. The lowest BCUT2D eigenvalue weighted by atomic mass is 9.98. The van der Waals surface area contributed by atoms with Crippen molar-refractivity contribution in [2.24, 2.45) is 0 Å². The predicted octanol–water partition coefficient (Wildman–Crippen LogP) is 1.49. The summed E-state index contributed by atoms with van der Waals surface area (Å²) in [6.07, 6.45) is -5.37. The summed E-state index contributed by atoms with van der Waals surface area (Å²) in [7, 11) is 1.43. The summed E-state index contributed by atoms with van der Waals surface area (Å²) in [5, 5.41) is 40.4. The number of aliphatic hydroxyl groups is 4. The van der Waals surface area contributed by atoms with Crippen LogP contribution < -0.4 is 4.74 Å². The molecule has 4 N–H and O–H groups in total. The lowest BCUT2D eigenvalue weighted by molar-refractivity contribution is -0.250. The Bertz CT molecular complexity index is 1090. The van der Waals surface area contributed by atoms with Gasteiger partial charge in [-0.05, 0) is 29.3 Å². The van der Waals surface area contributed by atoms with Gasteiger partial charge in [0.25, 0.3) is 0 Å². The first-order valence-electron chi connectivity index (χ1n) is 9.76. The second-order valence-electron chi connectivity index (χ2n) is 7.55. The van der Waals surface area contributed by atoms with E-state index < -0.39 is 48.9 Å². The first-order chi connectivity index (χ1) is 14.8. The van der Waals surface area contributed by atoms with Crippen LogP contribution in [-0.4, -0.2) is 63.1 Å². The highest BCUT2D eigenvalue weighted by Gasteiger charge is 2.44. The van der Waals surface area contributed by atoms with Crippen molar-refractivity contribution >= 4 is 10.9 Å². The highest BCUT2D eigenvalue weighted by Crippen LogP contribution is 2.35. The Balaban J connectivity index is 1.79. The Labute approximate surface area is 176 Å². The molecule has 1 aromatic heterocycles. The minimum Gasteiger partial charge on any atom is -0.497 e. The molecule has 5 atom stereocenters. The van der Waals surface area contributed by atoms with E-state index in [-0.39, 0.29) is 11.8 Å². The number of hydrogen-bond acceptors (Lipinski definition) is 6. The van der Waals surface area contributed by atoms with E-state index in [9.17, 15) is 29.2 Å². The Morgan fingerprint density at radius 1 is 1.00 bits per heavy atom. The topological polar surface area (TPSA) is 104 Å². The van der Waals surface area contributed by atoms with Crippen LogP contribution >= 0.6 is 0 Å². The van der Waals surface area contributed by atoms with Crippen LogP contribution in [0.1, 0.15) is 17.4 Å². The van der Waals surface area contributed by atoms with Crippen LogP contribution in [0.5, 0.6) is 5.75 Å². The number of rotatable bonds is 5. The molecule has 2 heterocycles. The lowest BCUT2D eigenvalue weighted by Crippen LogP contribution is -2.56. The fourth-order valence-corrected chi connectivity index (χ4v) is 4.01. The van der Waals surface area contributed by atoms with E-state index in [1.807, 2.05) is 0 Å². The fraction of sp³-hybridized carbons (Fsp3) is 0.364. The summed E-state index contributed by atoms with van der Waals surface area (Å²) in [5.74, 6) is -0.689. The molecule has 166 valence electrons. The zero-order valence-electron chi connectivity index (χ0n) is 16.7. The van der Waals surface area contributed by atoms with Crippen molar-refractivity contribution in [2.45, 2.75) is 37.1 Å². The molecule has 0 bridgehead atoms. The SMILES string of the molecule is COc1ccc(Cc2cn([C@@H]3O[C@H](CO)[C@@H](O)[C@H](O)[C@H]3O)c3cccc(F)c23)c(F)c1. The highest BCUT2D eigenvalue weighted by molar-refractivity contribution is 5.85. The number of fused-ring (bicyclic) bond motifs is 1. The Morgan fingerprint density at radius 2 is 1.77 bits per heavy atom. The fourth-order valence-electron chi connectivity index (χ4n) is 4.01. The monoisotopic (exact) mass is 435 g/mol. The van der Waals surface area contributed by atoms with Crippen LogP contribution in [0.2, 0.25) is 0 Å². The molecular formula is C22H23F2NO6. The molecular weight excluding hydrogens is 412 g/mol. The van der Waals surface area contributed by atoms with Gasteiger partial charge in [0, 0.05) is 24.1 Å². The molecule has 2 aromatic carbocycles. The standard InChI is InChI=1S/C22H23F2NO6/c1-30-13-6-5-11(15(24)8-13)7-12-9-25(16-4-2-3-14(23)18(12)16)22-21(29)20(28)19(27)17(10-26)31-22/h2-6,8-9,17,19-22,26-29H,7,10H2,1H3/t17-,19-,20+,21-,22-/m1/s1. The number of aromatic nitrogens is 1. The van der Waals surface area contributed by atoms with E-state index in [0.29, 0.717) is 22.4 Å². The maximum Gasteiger partial charge on any atom is 0.163 e. The minimum absolute atomic E-state index is 0.0533. The van der Waals surface area contributed by atoms with Gasteiger partial charge in [-0.1, -0.05) is 12.1 Å². The van der Waals surface area contributed by atoms with Crippen molar-refractivity contribution in [1.29, 1.82) is 0 Å². The van der Waals surface area contributed by atoms with Crippen LogP contribution in [-0.2, 0) is 11.2 Å². The van der Waals surface area contributed by atoms with Crippen molar-refractivity contribution < 1.29 is 38.7 Å². The van der Waals surface area contributed by atoms with Gasteiger partial charge < -0.3 is 34.5 Å². The van der Waals surface area contributed by atoms with E-state index in [4.69, 9.17) is 9.47 Å². The molecule has 0 spiro atoms. The summed E-state index contributed by atoms with van der Waals surface area (Å²) in [6.45, 7) is -0.584. The average molecular weight is 435 g/mol. The second-order valence-corrected chi connectivity index (χ2v) is 7.55. The van der Waals surface area contributed by atoms with Gasteiger partial charge in [-0.2, -0.15) is 0 Å². The molecule has 0 radical (unpaired) electrons. The number of ether oxygens (including phenoxy) is 2. The first kappa shape index (κ1) is 21.7. The number of hydrogen-bond donors (Lipinski definition) is 4. The molecule has 0 saturated carbocycles. The highest BCUT2D eigenvalue weighted by atomic mass is 19.1. The molecule has 1 aliphatic rings. The van der Waals surface area contributed by atoms with Gasteiger partial charge in [0.2, 0.25) is 0 Å². The molecule has 4 rings (SSSR count). The molecule has 9 heteroatoms. The molecule has 3 aromatic rings. The number of nitrogens with zero attached hydrogens (tertiary/aromatic N) is 1. The van der Waals surface area contributed by atoms with Crippen molar-refractivity contribution in [3.63, 3.8) is 0 Å². The smallest absolute Gasteiger partial charge is 0.163 e. The normalized spacial score (nSPS) is 26.4. The summed E-state index contributed by atoms with van der Waals surface area (Å²) in [6, 6.07) is 8.75. The largest absolute Gasteiger partial charge is 0.497 e. The summed E-state index contributed by atoms with van der Waals surface area (Å²) in [5.41, 5.74) is 1.11. The third kappa shape index (κ3) is 3.79. The first-order valence-corrected chi connectivity index (χ1v) is 9.76. The molecule has 0 aliphatic carbocycles. The van der Waals surface area contributed by atoms with Crippen LogP contribution in [0.25, 0.3) is 10.9 Å². The Hall–Kier alpha value is -2.56. The number of halogens is 2. The van der Waals surface area contributed by atoms with Gasteiger partial charge in [-0.25, -0.2) is 8.78 Å². The van der Waals surface area contributed by atoms with Gasteiger partial charge in [0.05, 0.1) is 19.2 Å². The maximum atomic E-state index is 14.8. The van der Waals surface area contributed by atoms with Crippen molar-refractivity contribution in [3.8, 4) is 5.75 Å². The van der Waals surface area contributed by atoms with Crippen LogP contribution in [0.3, 0.4) is 0 Å². The summed E-state index contributed by atoms with van der Waals surface area (Å²) >= 11 is 0. The van der Waals surface area contributed by atoms with E-state index in [2.05, 4.69) is 0 Å². The quantitative estimate of drug-likeness (QED) is 0.484. The molecule has 31 heavy (non-hydrogen) atoms. The van der Waals surface area contributed by atoms with Gasteiger partial charge in [-0.3, -0.25) is 0 Å². The Kier molecular flexibility index (Phi) is 5.96. The van der Waals surface area contributed by atoms with Crippen molar-refractivity contribution in [3.05, 3.63) is 65.4 Å². The van der Waals surface area contributed by atoms with E-state index >= 15 is 0 Å². The van der Waals surface area contributed by atoms with Crippen LogP contribution in [0.4, 0.5) is 8.78 Å². The second kappa shape index (κ2) is 8.52.